The Hall–Kier alpha value is -1.54. The van der Waals surface area contributed by atoms with Gasteiger partial charge >= 0.3 is 0 Å². The lowest BCUT2D eigenvalue weighted by Crippen LogP contribution is -2.26. The standard InChI is InChI=1S/C18H24OSi/c1-2-3-4-8-14-19-16-10-9-13-18(15-16)20-17-11-6-5-7-12-17/h5-7,9-13,15H,2-4,8,14,20H2,1H3. The molecule has 0 saturated heterocycles. The molecule has 0 aliphatic carbocycles. The molecule has 2 aromatic carbocycles. The summed E-state index contributed by atoms with van der Waals surface area (Å²) in [5.41, 5.74) is 0. The molecule has 0 atom stereocenters. The zero-order valence-electron chi connectivity index (χ0n) is 12.3. The predicted octanol–water partition coefficient (Wildman–Crippen LogP) is 2.77. The van der Waals surface area contributed by atoms with Gasteiger partial charge in [0.1, 0.15) is 5.75 Å². The van der Waals surface area contributed by atoms with Gasteiger partial charge in [0.25, 0.3) is 0 Å². The van der Waals surface area contributed by atoms with Gasteiger partial charge in [-0.25, -0.2) is 0 Å². The fourth-order valence-corrected chi connectivity index (χ4v) is 3.83. The van der Waals surface area contributed by atoms with Gasteiger partial charge in [-0.3, -0.25) is 0 Å². The second kappa shape index (κ2) is 8.59. The molecule has 0 aromatic heterocycles. The average Bonchev–Trinajstić information content (AvgIpc) is 2.48. The first kappa shape index (κ1) is 14.9. The third-order valence-corrected chi connectivity index (χ3v) is 5.14. The van der Waals surface area contributed by atoms with Crippen LogP contribution in [0.25, 0.3) is 0 Å². The molecule has 0 amide bonds. The fraction of sp³-hybridized carbons (Fsp3) is 0.333. The zero-order valence-corrected chi connectivity index (χ0v) is 13.8. The maximum absolute atomic E-state index is 5.85. The predicted molar refractivity (Wildman–Crippen MR) is 90.3 cm³/mol. The van der Waals surface area contributed by atoms with Crippen LogP contribution in [0.3, 0.4) is 0 Å². The molecule has 2 aromatic rings. The number of hydrogen-bond donors (Lipinski definition) is 0. The highest BCUT2D eigenvalue weighted by Crippen LogP contribution is 2.08. The fourth-order valence-electron chi connectivity index (χ4n) is 2.30. The lowest BCUT2D eigenvalue weighted by molar-refractivity contribution is 0.305. The summed E-state index contributed by atoms with van der Waals surface area (Å²) in [5, 5.41) is 2.93. The van der Waals surface area contributed by atoms with Gasteiger partial charge in [0, 0.05) is 0 Å². The third-order valence-electron chi connectivity index (χ3n) is 3.42. The minimum absolute atomic E-state index is 0.372. The first-order valence-corrected chi connectivity index (χ1v) is 9.05. The topological polar surface area (TPSA) is 9.23 Å². The van der Waals surface area contributed by atoms with Crippen molar-refractivity contribution in [2.45, 2.75) is 32.6 Å². The van der Waals surface area contributed by atoms with Gasteiger partial charge in [-0.15, -0.1) is 0 Å². The van der Waals surface area contributed by atoms with Crippen LogP contribution in [0.2, 0.25) is 0 Å². The number of hydrogen-bond acceptors (Lipinski definition) is 1. The highest BCUT2D eigenvalue weighted by molar-refractivity contribution is 6.67. The highest BCUT2D eigenvalue weighted by atomic mass is 28.2. The molecule has 106 valence electrons. The summed E-state index contributed by atoms with van der Waals surface area (Å²) in [5.74, 6) is 1.03. The summed E-state index contributed by atoms with van der Waals surface area (Å²) in [6, 6.07) is 19.4. The smallest absolute Gasteiger partial charge is 0.119 e. The van der Waals surface area contributed by atoms with Crippen molar-refractivity contribution in [3.05, 3.63) is 54.6 Å². The minimum atomic E-state index is -0.372. The Morgan fingerprint density at radius 3 is 2.45 bits per heavy atom. The van der Waals surface area contributed by atoms with Crippen LogP contribution in [-0.4, -0.2) is 16.1 Å². The van der Waals surface area contributed by atoms with Gasteiger partial charge < -0.3 is 4.74 Å². The van der Waals surface area contributed by atoms with Crippen LogP contribution in [0, 0.1) is 0 Å². The number of ether oxygens (including phenoxy) is 1. The van der Waals surface area contributed by atoms with Crippen molar-refractivity contribution < 1.29 is 4.74 Å². The van der Waals surface area contributed by atoms with E-state index in [-0.39, 0.29) is 9.52 Å². The van der Waals surface area contributed by atoms with E-state index in [2.05, 4.69) is 61.5 Å². The minimum Gasteiger partial charge on any atom is -0.494 e. The van der Waals surface area contributed by atoms with E-state index in [4.69, 9.17) is 4.74 Å². The highest BCUT2D eigenvalue weighted by Gasteiger charge is 1.99. The van der Waals surface area contributed by atoms with Crippen LogP contribution < -0.4 is 15.1 Å². The Morgan fingerprint density at radius 2 is 1.65 bits per heavy atom. The molecule has 1 nitrogen and oxygen atoms in total. The Balaban J connectivity index is 1.84. The van der Waals surface area contributed by atoms with Gasteiger partial charge in [-0.1, -0.05) is 79.0 Å². The molecule has 0 aliphatic heterocycles. The van der Waals surface area contributed by atoms with E-state index in [9.17, 15) is 0 Å². The first-order valence-electron chi connectivity index (χ1n) is 7.64. The van der Waals surface area contributed by atoms with E-state index in [1.807, 2.05) is 0 Å². The van der Waals surface area contributed by atoms with Crippen molar-refractivity contribution in [1.82, 2.24) is 0 Å². The first-order chi connectivity index (χ1) is 9.88. The Morgan fingerprint density at radius 1 is 0.850 bits per heavy atom. The van der Waals surface area contributed by atoms with Crippen molar-refractivity contribution in [3.8, 4) is 5.75 Å². The van der Waals surface area contributed by atoms with Gasteiger partial charge in [0.05, 0.1) is 16.1 Å². The van der Waals surface area contributed by atoms with Crippen LogP contribution in [0.5, 0.6) is 5.75 Å². The van der Waals surface area contributed by atoms with Crippen LogP contribution >= 0.6 is 0 Å². The Kier molecular flexibility index (Phi) is 6.38. The summed E-state index contributed by atoms with van der Waals surface area (Å²) < 4.78 is 5.85. The van der Waals surface area contributed by atoms with E-state index in [1.54, 1.807) is 0 Å². The maximum atomic E-state index is 5.85. The second-order valence-corrected chi connectivity index (χ2v) is 7.21. The molecule has 0 unspecified atom stereocenters. The second-order valence-electron chi connectivity index (χ2n) is 5.22. The van der Waals surface area contributed by atoms with Gasteiger partial charge in [0.15, 0.2) is 0 Å². The molecular weight excluding hydrogens is 260 g/mol. The van der Waals surface area contributed by atoms with E-state index in [0.29, 0.717) is 0 Å². The molecule has 0 N–H and O–H groups in total. The van der Waals surface area contributed by atoms with Crippen LogP contribution in [0.1, 0.15) is 32.6 Å². The summed E-state index contributed by atoms with van der Waals surface area (Å²) >= 11 is 0. The van der Waals surface area contributed by atoms with E-state index >= 15 is 0 Å². The summed E-state index contributed by atoms with van der Waals surface area (Å²) in [7, 11) is -0.372. The lowest BCUT2D eigenvalue weighted by atomic mass is 10.2. The number of unbranched alkanes of at least 4 members (excludes halogenated alkanes) is 3. The summed E-state index contributed by atoms with van der Waals surface area (Å²) in [4.78, 5) is 0. The van der Waals surface area contributed by atoms with Gasteiger partial charge in [0.2, 0.25) is 0 Å². The normalized spacial score (nSPS) is 11.1. The van der Waals surface area contributed by atoms with Crippen LogP contribution in [0.4, 0.5) is 0 Å². The molecule has 0 bridgehead atoms. The molecule has 0 aliphatic rings. The molecule has 0 radical (unpaired) electrons. The lowest BCUT2D eigenvalue weighted by Gasteiger charge is -2.08. The van der Waals surface area contributed by atoms with E-state index in [1.165, 1.54) is 29.6 Å². The van der Waals surface area contributed by atoms with Crippen LogP contribution in [-0.2, 0) is 0 Å². The Labute approximate surface area is 124 Å². The maximum Gasteiger partial charge on any atom is 0.119 e. The van der Waals surface area contributed by atoms with Crippen LogP contribution in [0.15, 0.2) is 54.6 Å². The van der Waals surface area contributed by atoms with Gasteiger partial charge in [-0.05, 0) is 18.6 Å². The molecule has 0 heterocycles. The number of rotatable bonds is 8. The molecule has 0 spiro atoms. The molecular formula is C18H24OSi. The molecule has 0 saturated carbocycles. The Bertz CT molecular complexity index is 496. The van der Waals surface area contributed by atoms with Gasteiger partial charge in [-0.2, -0.15) is 0 Å². The average molecular weight is 284 g/mol. The van der Waals surface area contributed by atoms with E-state index in [0.717, 1.165) is 18.8 Å². The van der Waals surface area contributed by atoms with E-state index < -0.39 is 0 Å². The van der Waals surface area contributed by atoms with Crippen molar-refractivity contribution in [3.63, 3.8) is 0 Å². The summed E-state index contributed by atoms with van der Waals surface area (Å²) in [6.07, 6.45) is 5.02. The number of benzene rings is 2. The van der Waals surface area contributed by atoms with Crippen molar-refractivity contribution in [1.29, 1.82) is 0 Å². The monoisotopic (exact) mass is 284 g/mol. The summed E-state index contributed by atoms with van der Waals surface area (Å²) in [6.45, 7) is 3.08. The third kappa shape index (κ3) is 5.22. The zero-order chi connectivity index (χ0) is 14.0. The molecule has 0 fully saturated rings. The van der Waals surface area contributed by atoms with Crippen molar-refractivity contribution in [2.24, 2.45) is 0 Å². The van der Waals surface area contributed by atoms with Crippen molar-refractivity contribution in [2.75, 3.05) is 6.61 Å². The quantitative estimate of drug-likeness (QED) is 0.535. The molecule has 2 rings (SSSR count). The largest absolute Gasteiger partial charge is 0.494 e. The molecule has 20 heavy (non-hydrogen) atoms. The SMILES string of the molecule is CCCCCCOc1cccc([SiH2]c2ccccc2)c1. The van der Waals surface area contributed by atoms with Crippen molar-refractivity contribution >= 4 is 19.9 Å². The molecule has 2 heteroatoms.